The van der Waals surface area contributed by atoms with Crippen molar-refractivity contribution in [2.24, 2.45) is 7.05 Å². The Hall–Kier alpha value is -0.910. The van der Waals surface area contributed by atoms with E-state index in [9.17, 15) is 10.2 Å². The van der Waals surface area contributed by atoms with E-state index in [-0.39, 0.29) is 0 Å². The molecule has 2 atom stereocenters. The summed E-state index contributed by atoms with van der Waals surface area (Å²) >= 11 is 0. The van der Waals surface area contributed by atoms with Crippen LogP contribution in [-0.4, -0.2) is 56.7 Å². The molecule has 0 aliphatic carbocycles. The first-order valence-corrected chi connectivity index (χ1v) is 5.21. The molecule has 0 spiro atoms. The van der Waals surface area contributed by atoms with Crippen molar-refractivity contribution in [3.05, 3.63) is 18.0 Å². The first kappa shape index (κ1) is 10.6. The maximum atomic E-state index is 9.36. The van der Waals surface area contributed by atoms with Crippen molar-refractivity contribution in [2.45, 2.75) is 18.6 Å². The van der Waals surface area contributed by atoms with Gasteiger partial charge in [-0.15, -0.1) is 0 Å². The molecular weight excluding hydrogens is 194 g/mol. The smallest absolute Gasteiger partial charge is 0.0938 e. The lowest BCUT2D eigenvalue weighted by atomic mass is 10.2. The van der Waals surface area contributed by atoms with Gasteiger partial charge in [0.05, 0.1) is 18.4 Å². The van der Waals surface area contributed by atoms with Gasteiger partial charge in [-0.1, -0.05) is 0 Å². The van der Waals surface area contributed by atoms with Gasteiger partial charge in [0.15, 0.2) is 0 Å². The fourth-order valence-electron chi connectivity index (χ4n) is 1.92. The van der Waals surface area contributed by atoms with E-state index in [0.29, 0.717) is 13.1 Å². The second-order valence-corrected chi connectivity index (χ2v) is 4.17. The molecule has 15 heavy (non-hydrogen) atoms. The summed E-state index contributed by atoms with van der Waals surface area (Å²) in [6.45, 7) is 2.00. The molecular formula is C10H17N3O2. The molecule has 2 rings (SSSR count). The third-order valence-corrected chi connectivity index (χ3v) is 2.81. The molecule has 2 N–H and O–H groups in total. The zero-order chi connectivity index (χ0) is 10.8. The monoisotopic (exact) mass is 211 g/mol. The maximum absolute atomic E-state index is 9.36. The topological polar surface area (TPSA) is 61.5 Å². The quantitative estimate of drug-likeness (QED) is 0.673. The second-order valence-electron chi connectivity index (χ2n) is 4.17. The standard InChI is InChI=1S/C10H17N3O2/c1-12-5-8(4-11-12)2-3-13-6-9(14)10(15)7-13/h4-5,9-10,14-15H,2-3,6-7H2,1H3/t9-,10+. The Morgan fingerprint density at radius 3 is 2.60 bits per heavy atom. The summed E-state index contributed by atoms with van der Waals surface area (Å²) in [5, 5.41) is 22.8. The number of aryl methyl sites for hydroxylation is 1. The highest BCUT2D eigenvalue weighted by Gasteiger charge is 2.28. The lowest BCUT2D eigenvalue weighted by Crippen LogP contribution is -2.24. The van der Waals surface area contributed by atoms with E-state index in [0.717, 1.165) is 13.0 Å². The molecule has 0 amide bonds. The zero-order valence-corrected chi connectivity index (χ0v) is 8.87. The largest absolute Gasteiger partial charge is 0.389 e. The summed E-state index contributed by atoms with van der Waals surface area (Å²) in [6, 6.07) is 0. The molecule has 5 nitrogen and oxygen atoms in total. The van der Waals surface area contributed by atoms with E-state index < -0.39 is 12.2 Å². The molecule has 5 heteroatoms. The van der Waals surface area contributed by atoms with Crippen LogP contribution in [0.2, 0.25) is 0 Å². The Balaban J connectivity index is 1.79. The molecule has 2 heterocycles. The number of aliphatic hydroxyl groups excluding tert-OH is 2. The molecule has 84 valence electrons. The van der Waals surface area contributed by atoms with Crippen LogP contribution in [0.1, 0.15) is 5.56 Å². The zero-order valence-electron chi connectivity index (χ0n) is 8.87. The molecule has 1 aromatic heterocycles. The summed E-state index contributed by atoms with van der Waals surface area (Å²) < 4.78 is 1.78. The van der Waals surface area contributed by atoms with Gasteiger partial charge in [0.25, 0.3) is 0 Å². The minimum Gasteiger partial charge on any atom is -0.389 e. The first-order chi connectivity index (χ1) is 7.15. The van der Waals surface area contributed by atoms with Crippen LogP contribution < -0.4 is 0 Å². The Morgan fingerprint density at radius 2 is 2.07 bits per heavy atom. The normalized spacial score (nSPS) is 27.4. The van der Waals surface area contributed by atoms with Crippen LogP contribution in [0, 0.1) is 0 Å². The average Bonchev–Trinajstić information content (AvgIpc) is 2.72. The summed E-state index contributed by atoms with van der Waals surface area (Å²) in [4.78, 5) is 2.07. The highest BCUT2D eigenvalue weighted by atomic mass is 16.3. The maximum Gasteiger partial charge on any atom is 0.0938 e. The van der Waals surface area contributed by atoms with Crippen molar-refractivity contribution < 1.29 is 10.2 Å². The highest BCUT2D eigenvalue weighted by Crippen LogP contribution is 2.10. The van der Waals surface area contributed by atoms with Crippen LogP contribution in [0.3, 0.4) is 0 Å². The molecule has 1 aliphatic rings. The summed E-state index contributed by atoms with van der Waals surface area (Å²) in [5.41, 5.74) is 1.19. The van der Waals surface area contributed by atoms with Crippen LogP contribution in [0.5, 0.6) is 0 Å². The van der Waals surface area contributed by atoms with E-state index in [1.165, 1.54) is 5.56 Å². The number of aliphatic hydroxyl groups is 2. The van der Waals surface area contributed by atoms with Crippen LogP contribution >= 0.6 is 0 Å². The van der Waals surface area contributed by atoms with Gasteiger partial charge in [-0.05, 0) is 12.0 Å². The van der Waals surface area contributed by atoms with E-state index >= 15 is 0 Å². The lowest BCUT2D eigenvalue weighted by Gasteiger charge is -2.13. The van der Waals surface area contributed by atoms with Crippen molar-refractivity contribution in [2.75, 3.05) is 19.6 Å². The summed E-state index contributed by atoms with van der Waals surface area (Å²) in [5.74, 6) is 0. The van der Waals surface area contributed by atoms with E-state index in [4.69, 9.17) is 0 Å². The first-order valence-electron chi connectivity index (χ1n) is 5.21. The Labute approximate surface area is 88.9 Å². The van der Waals surface area contributed by atoms with E-state index in [1.807, 2.05) is 19.4 Å². The predicted molar refractivity (Wildman–Crippen MR) is 55.4 cm³/mol. The number of rotatable bonds is 3. The summed E-state index contributed by atoms with van der Waals surface area (Å²) in [7, 11) is 1.90. The van der Waals surface area contributed by atoms with Crippen LogP contribution in [-0.2, 0) is 13.5 Å². The number of nitrogens with zero attached hydrogens (tertiary/aromatic N) is 3. The van der Waals surface area contributed by atoms with E-state index in [2.05, 4.69) is 10.00 Å². The molecule has 1 saturated heterocycles. The van der Waals surface area contributed by atoms with Crippen molar-refractivity contribution in [1.29, 1.82) is 0 Å². The van der Waals surface area contributed by atoms with Gasteiger partial charge in [0.1, 0.15) is 0 Å². The van der Waals surface area contributed by atoms with Crippen molar-refractivity contribution in [1.82, 2.24) is 14.7 Å². The van der Waals surface area contributed by atoms with Gasteiger partial charge < -0.3 is 10.2 Å². The van der Waals surface area contributed by atoms with Gasteiger partial charge in [0, 0.05) is 32.9 Å². The lowest BCUT2D eigenvalue weighted by molar-refractivity contribution is 0.0572. The number of hydrogen-bond acceptors (Lipinski definition) is 4. The third-order valence-electron chi connectivity index (χ3n) is 2.81. The molecule has 1 fully saturated rings. The van der Waals surface area contributed by atoms with Crippen LogP contribution in [0.15, 0.2) is 12.4 Å². The van der Waals surface area contributed by atoms with Crippen LogP contribution in [0.25, 0.3) is 0 Å². The SMILES string of the molecule is Cn1cc(CCN2C[C@@H](O)[C@@H](O)C2)cn1. The van der Waals surface area contributed by atoms with Crippen molar-refractivity contribution in [3.8, 4) is 0 Å². The average molecular weight is 211 g/mol. The minimum atomic E-state index is -0.584. The molecule has 1 aliphatic heterocycles. The Bertz CT molecular complexity index is 316. The van der Waals surface area contributed by atoms with Gasteiger partial charge in [-0.25, -0.2) is 0 Å². The Morgan fingerprint density at radius 1 is 1.40 bits per heavy atom. The van der Waals surface area contributed by atoms with Gasteiger partial charge in [0.2, 0.25) is 0 Å². The highest BCUT2D eigenvalue weighted by molar-refractivity contribution is 5.04. The number of likely N-dealkylation sites (tertiary alicyclic amines) is 1. The molecule has 0 unspecified atom stereocenters. The van der Waals surface area contributed by atoms with Crippen molar-refractivity contribution >= 4 is 0 Å². The molecule has 1 aromatic rings. The molecule has 0 saturated carbocycles. The minimum absolute atomic E-state index is 0.571. The third kappa shape index (κ3) is 2.56. The number of aromatic nitrogens is 2. The molecule has 0 bridgehead atoms. The fourth-order valence-corrected chi connectivity index (χ4v) is 1.92. The Kier molecular flexibility index (Phi) is 3.04. The number of hydrogen-bond donors (Lipinski definition) is 2. The predicted octanol–water partition coefficient (Wildman–Crippen LogP) is -1.00. The van der Waals surface area contributed by atoms with Gasteiger partial charge in [-0.3, -0.25) is 9.58 Å². The molecule has 0 radical (unpaired) electrons. The van der Waals surface area contributed by atoms with Crippen molar-refractivity contribution in [3.63, 3.8) is 0 Å². The van der Waals surface area contributed by atoms with Gasteiger partial charge in [-0.2, -0.15) is 5.10 Å². The van der Waals surface area contributed by atoms with Gasteiger partial charge >= 0.3 is 0 Å². The van der Waals surface area contributed by atoms with E-state index in [1.54, 1.807) is 4.68 Å². The number of β-amino-alcohol motifs (C(OH)–C–C–N with tert-alkyl or cyclic N) is 2. The summed E-state index contributed by atoms with van der Waals surface area (Å²) in [6.07, 6.45) is 3.58. The molecule has 0 aromatic carbocycles. The van der Waals surface area contributed by atoms with Crippen LogP contribution in [0.4, 0.5) is 0 Å². The fraction of sp³-hybridized carbons (Fsp3) is 0.700. The second kappa shape index (κ2) is 4.30.